The van der Waals surface area contributed by atoms with Gasteiger partial charge in [-0.2, -0.15) is 5.10 Å². The minimum atomic E-state index is 0.200. The van der Waals surface area contributed by atoms with E-state index in [4.69, 9.17) is 5.73 Å². The summed E-state index contributed by atoms with van der Waals surface area (Å²) in [5.74, 6) is 0.200. The number of aromatic nitrogens is 2. The summed E-state index contributed by atoms with van der Waals surface area (Å²) >= 11 is 0. The smallest absolute Gasteiger partial charge is 0.224 e. The van der Waals surface area contributed by atoms with Crippen molar-refractivity contribution in [3.05, 3.63) is 18.5 Å². The number of rotatable bonds is 4. The highest BCUT2D eigenvalue weighted by Crippen LogP contribution is 2.21. The van der Waals surface area contributed by atoms with Crippen LogP contribution in [0.15, 0.2) is 18.5 Å². The minimum Gasteiger partial charge on any atom is -0.343 e. The number of nitrogens with two attached hydrogens (primary N) is 1. The molecule has 0 radical (unpaired) electrons. The van der Waals surface area contributed by atoms with Crippen LogP contribution in [0.5, 0.6) is 0 Å². The molecule has 2 N–H and O–H groups in total. The summed E-state index contributed by atoms with van der Waals surface area (Å²) in [7, 11) is 1.91. The zero-order valence-electron chi connectivity index (χ0n) is 11.0. The lowest BCUT2D eigenvalue weighted by Gasteiger charge is -2.33. The van der Waals surface area contributed by atoms with Gasteiger partial charge in [-0.1, -0.05) is 0 Å². The fourth-order valence-electron chi connectivity index (χ4n) is 2.51. The van der Waals surface area contributed by atoms with Gasteiger partial charge < -0.3 is 10.6 Å². The van der Waals surface area contributed by atoms with Gasteiger partial charge in [-0.25, -0.2) is 0 Å². The van der Waals surface area contributed by atoms with Crippen LogP contribution in [0, 0.1) is 0 Å². The van der Waals surface area contributed by atoms with Gasteiger partial charge in [0.25, 0.3) is 0 Å². The monoisotopic (exact) mass is 250 g/mol. The molecule has 5 nitrogen and oxygen atoms in total. The Labute approximate surface area is 108 Å². The molecular weight excluding hydrogens is 228 g/mol. The first-order valence-electron chi connectivity index (χ1n) is 6.65. The number of carbonyl (C=O) groups is 1. The van der Waals surface area contributed by atoms with Gasteiger partial charge in [-0.15, -0.1) is 0 Å². The summed E-state index contributed by atoms with van der Waals surface area (Å²) in [6, 6.07) is 2.57. The molecule has 0 atom stereocenters. The van der Waals surface area contributed by atoms with E-state index in [0.717, 1.165) is 25.7 Å². The van der Waals surface area contributed by atoms with Crippen LogP contribution in [0.2, 0.25) is 0 Å². The van der Waals surface area contributed by atoms with Crippen molar-refractivity contribution in [2.75, 3.05) is 7.05 Å². The van der Waals surface area contributed by atoms with E-state index >= 15 is 0 Å². The fourth-order valence-corrected chi connectivity index (χ4v) is 2.51. The molecule has 1 aromatic rings. The van der Waals surface area contributed by atoms with Gasteiger partial charge >= 0.3 is 0 Å². The van der Waals surface area contributed by atoms with Crippen molar-refractivity contribution in [3.63, 3.8) is 0 Å². The third-order valence-corrected chi connectivity index (χ3v) is 3.80. The minimum absolute atomic E-state index is 0.200. The molecule has 2 rings (SSSR count). The molecule has 1 fully saturated rings. The zero-order valence-corrected chi connectivity index (χ0v) is 11.0. The van der Waals surface area contributed by atoms with Crippen molar-refractivity contribution < 1.29 is 4.79 Å². The first-order chi connectivity index (χ1) is 8.66. The van der Waals surface area contributed by atoms with Gasteiger partial charge in [-0.05, 0) is 31.7 Å². The predicted octanol–water partition coefficient (Wildman–Crippen LogP) is 1.00. The molecule has 1 amide bonds. The molecule has 0 aromatic carbocycles. The molecule has 0 unspecified atom stereocenters. The molecule has 0 aliphatic heterocycles. The van der Waals surface area contributed by atoms with Crippen LogP contribution in [0.1, 0.15) is 32.1 Å². The van der Waals surface area contributed by atoms with Crippen molar-refractivity contribution in [2.45, 2.75) is 50.7 Å². The van der Waals surface area contributed by atoms with E-state index in [0.29, 0.717) is 25.0 Å². The number of carbonyl (C=O) groups excluding carboxylic acids is 1. The Morgan fingerprint density at radius 3 is 2.78 bits per heavy atom. The highest BCUT2D eigenvalue weighted by molar-refractivity contribution is 5.76. The summed E-state index contributed by atoms with van der Waals surface area (Å²) in [6.45, 7) is 0.655. The average Bonchev–Trinajstić information content (AvgIpc) is 2.89. The Balaban J connectivity index is 1.77. The molecule has 5 heteroatoms. The van der Waals surface area contributed by atoms with Gasteiger partial charge in [0.2, 0.25) is 5.91 Å². The maximum absolute atomic E-state index is 12.1. The Bertz CT molecular complexity index is 368. The highest BCUT2D eigenvalue weighted by Gasteiger charge is 2.24. The predicted molar refractivity (Wildman–Crippen MR) is 69.8 cm³/mol. The van der Waals surface area contributed by atoms with Gasteiger partial charge in [0.1, 0.15) is 0 Å². The number of hydrogen-bond donors (Lipinski definition) is 1. The van der Waals surface area contributed by atoms with E-state index in [-0.39, 0.29) is 5.91 Å². The molecule has 0 spiro atoms. The van der Waals surface area contributed by atoms with Crippen LogP contribution >= 0.6 is 0 Å². The molecule has 1 saturated carbocycles. The Morgan fingerprint density at radius 1 is 1.44 bits per heavy atom. The molecule has 1 aliphatic rings. The quantitative estimate of drug-likeness (QED) is 0.867. The van der Waals surface area contributed by atoms with Crippen molar-refractivity contribution in [2.24, 2.45) is 5.73 Å². The summed E-state index contributed by atoms with van der Waals surface area (Å²) in [6.07, 6.45) is 8.25. The summed E-state index contributed by atoms with van der Waals surface area (Å²) in [4.78, 5) is 14.0. The standard InChI is InChI=1S/C13H22N4O/c1-16(12-5-3-11(14)4-6-12)13(18)7-10-17-9-2-8-15-17/h2,8-9,11-12H,3-7,10,14H2,1H3. The van der Waals surface area contributed by atoms with Crippen molar-refractivity contribution in [3.8, 4) is 0 Å². The molecule has 0 bridgehead atoms. The van der Waals surface area contributed by atoms with Crippen molar-refractivity contribution >= 4 is 5.91 Å². The van der Waals surface area contributed by atoms with E-state index in [9.17, 15) is 4.79 Å². The molecule has 1 aliphatic carbocycles. The summed E-state index contributed by atoms with van der Waals surface area (Å²) < 4.78 is 1.79. The first kappa shape index (κ1) is 13.1. The molecule has 1 aromatic heterocycles. The second kappa shape index (κ2) is 6.00. The lowest BCUT2D eigenvalue weighted by molar-refractivity contribution is -0.132. The third kappa shape index (κ3) is 3.32. The topological polar surface area (TPSA) is 64.2 Å². The van der Waals surface area contributed by atoms with E-state index < -0.39 is 0 Å². The molecule has 18 heavy (non-hydrogen) atoms. The van der Waals surface area contributed by atoms with E-state index in [1.165, 1.54) is 0 Å². The van der Waals surface area contributed by atoms with Crippen LogP contribution in [0.4, 0.5) is 0 Å². The Kier molecular flexibility index (Phi) is 4.36. The van der Waals surface area contributed by atoms with E-state index in [1.807, 2.05) is 24.2 Å². The molecular formula is C13H22N4O. The van der Waals surface area contributed by atoms with Crippen LogP contribution in [0.25, 0.3) is 0 Å². The lowest BCUT2D eigenvalue weighted by Crippen LogP contribution is -2.42. The van der Waals surface area contributed by atoms with Gasteiger partial charge in [0.05, 0.1) is 0 Å². The second-order valence-corrected chi connectivity index (χ2v) is 5.09. The van der Waals surface area contributed by atoms with Crippen LogP contribution in [-0.4, -0.2) is 39.7 Å². The van der Waals surface area contributed by atoms with Gasteiger partial charge in [-0.3, -0.25) is 9.48 Å². The van der Waals surface area contributed by atoms with Crippen LogP contribution in [-0.2, 0) is 11.3 Å². The van der Waals surface area contributed by atoms with Gasteiger partial charge in [0.15, 0.2) is 0 Å². The number of nitrogens with zero attached hydrogens (tertiary/aromatic N) is 3. The van der Waals surface area contributed by atoms with Crippen LogP contribution < -0.4 is 5.73 Å². The van der Waals surface area contributed by atoms with E-state index in [1.54, 1.807) is 10.9 Å². The average molecular weight is 250 g/mol. The van der Waals surface area contributed by atoms with Crippen LogP contribution in [0.3, 0.4) is 0 Å². The Hall–Kier alpha value is -1.36. The molecule has 1 heterocycles. The number of amides is 1. The molecule has 0 saturated heterocycles. The number of hydrogen-bond acceptors (Lipinski definition) is 3. The number of aryl methyl sites for hydroxylation is 1. The highest BCUT2D eigenvalue weighted by atomic mass is 16.2. The van der Waals surface area contributed by atoms with Gasteiger partial charge in [0, 0.05) is 44.5 Å². The van der Waals surface area contributed by atoms with Crippen molar-refractivity contribution in [1.29, 1.82) is 0 Å². The largest absolute Gasteiger partial charge is 0.343 e. The van der Waals surface area contributed by atoms with E-state index in [2.05, 4.69) is 5.10 Å². The lowest BCUT2D eigenvalue weighted by atomic mass is 9.91. The third-order valence-electron chi connectivity index (χ3n) is 3.80. The summed E-state index contributed by atoms with van der Waals surface area (Å²) in [5.41, 5.74) is 5.88. The SMILES string of the molecule is CN(C(=O)CCn1cccn1)C1CCC(N)CC1. The fraction of sp³-hybridized carbons (Fsp3) is 0.692. The summed E-state index contributed by atoms with van der Waals surface area (Å²) in [5, 5.41) is 4.10. The molecule has 100 valence electrons. The first-order valence-corrected chi connectivity index (χ1v) is 6.65. The normalized spacial score (nSPS) is 23.9. The van der Waals surface area contributed by atoms with Crippen molar-refractivity contribution in [1.82, 2.24) is 14.7 Å². The second-order valence-electron chi connectivity index (χ2n) is 5.09. The maximum atomic E-state index is 12.1. The zero-order chi connectivity index (χ0) is 13.0. The maximum Gasteiger partial charge on any atom is 0.224 e. The Morgan fingerprint density at radius 2 is 2.17 bits per heavy atom.